The molecule has 4 aromatic rings. The summed E-state index contributed by atoms with van der Waals surface area (Å²) in [6.07, 6.45) is -5.79. The number of benzene rings is 3. The summed E-state index contributed by atoms with van der Waals surface area (Å²) in [5, 5.41) is 17.7. The van der Waals surface area contributed by atoms with E-state index in [-0.39, 0.29) is 12.0 Å². The number of unbranched alkanes of at least 4 members (excludes halogenated alkanes) is 2. The van der Waals surface area contributed by atoms with E-state index >= 15 is 0 Å². The Balaban J connectivity index is 1.59. The number of urea groups is 1. The maximum Gasteiger partial charge on any atom is 0.461 e. The number of aromatic nitrogens is 4. The summed E-state index contributed by atoms with van der Waals surface area (Å²) in [6, 6.07) is 19.0. The van der Waals surface area contributed by atoms with Gasteiger partial charge in [-0.25, -0.2) is 9.18 Å². The molecular formula is C30H31F5N6O2. The molecule has 0 aliphatic rings. The van der Waals surface area contributed by atoms with Crippen LogP contribution in [0.2, 0.25) is 0 Å². The van der Waals surface area contributed by atoms with Crippen LogP contribution >= 0.6 is 0 Å². The summed E-state index contributed by atoms with van der Waals surface area (Å²) in [7, 11) is 1.69. The first-order valence-corrected chi connectivity index (χ1v) is 13.6. The SMILES string of the molecule is Cn1nnc(CCCCCNC(=O)N[C@](Cc2ccccc2)(c2ccc(F)cc2)c2cccc(OC(F)(F)C(F)F)c2)n1. The average Bonchev–Trinajstić information content (AvgIpc) is 3.40. The predicted molar refractivity (Wildman–Crippen MR) is 148 cm³/mol. The highest BCUT2D eigenvalue weighted by Gasteiger charge is 2.44. The van der Waals surface area contributed by atoms with E-state index in [4.69, 9.17) is 0 Å². The smallest absolute Gasteiger partial charge is 0.428 e. The molecule has 0 aliphatic carbocycles. The summed E-state index contributed by atoms with van der Waals surface area (Å²) in [5.41, 5.74) is 0.0178. The van der Waals surface area contributed by atoms with Crippen molar-refractivity contribution in [2.24, 2.45) is 7.05 Å². The second kappa shape index (κ2) is 14.1. The van der Waals surface area contributed by atoms with E-state index in [1.54, 1.807) is 25.2 Å². The lowest BCUT2D eigenvalue weighted by atomic mass is 9.78. The van der Waals surface area contributed by atoms with Gasteiger partial charge in [-0.05, 0) is 59.0 Å². The summed E-state index contributed by atoms with van der Waals surface area (Å²) >= 11 is 0. The third kappa shape index (κ3) is 8.49. The summed E-state index contributed by atoms with van der Waals surface area (Å²) < 4.78 is 71.7. The van der Waals surface area contributed by atoms with Gasteiger partial charge in [0.25, 0.3) is 0 Å². The second-order valence-electron chi connectivity index (χ2n) is 9.95. The molecule has 1 atom stereocenters. The molecule has 0 saturated carbocycles. The number of carbonyl (C=O) groups is 1. The number of alkyl halides is 4. The van der Waals surface area contributed by atoms with Gasteiger partial charge in [-0.3, -0.25) is 0 Å². The first kappa shape index (κ1) is 31.4. The first-order chi connectivity index (χ1) is 20.6. The van der Waals surface area contributed by atoms with E-state index in [9.17, 15) is 26.7 Å². The molecule has 3 aromatic carbocycles. The minimum Gasteiger partial charge on any atom is -0.428 e. The van der Waals surface area contributed by atoms with Gasteiger partial charge in [-0.15, -0.1) is 10.2 Å². The number of carbonyl (C=O) groups excluding carboxylic acids is 1. The maximum absolute atomic E-state index is 14.0. The van der Waals surface area contributed by atoms with Crippen molar-refractivity contribution < 1.29 is 31.5 Å². The van der Waals surface area contributed by atoms with Gasteiger partial charge in [-0.1, -0.05) is 61.0 Å². The van der Waals surface area contributed by atoms with Crippen molar-refractivity contribution in [3.63, 3.8) is 0 Å². The largest absolute Gasteiger partial charge is 0.461 e. The highest BCUT2D eigenvalue weighted by atomic mass is 19.3. The van der Waals surface area contributed by atoms with Crippen LogP contribution in [-0.4, -0.2) is 45.3 Å². The molecule has 1 aromatic heterocycles. The van der Waals surface area contributed by atoms with Crippen molar-refractivity contribution in [2.75, 3.05) is 6.54 Å². The fraction of sp³-hybridized carbons (Fsp3) is 0.333. The van der Waals surface area contributed by atoms with Crippen molar-refractivity contribution in [1.82, 2.24) is 30.8 Å². The zero-order valence-corrected chi connectivity index (χ0v) is 23.3. The molecule has 13 heteroatoms. The summed E-state index contributed by atoms with van der Waals surface area (Å²) in [4.78, 5) is 14.7. The average molecular weight is 603 g/mol. The van der Waals surface area contributed by atoms with Crippen LogP contribution in [0.3, 0.4) is 0 Å². The van der Waals surface area contributed by atoms with Crippen molar-refractivity contribution in [3.8, 4) is 5.75 Å². The first-order valence-electron chi connectivity index (χ1n) is 13.6. The lowest BCUT2D eigenvalue weighted by Gasteiger charge is -2.37. The third-order valence-electron chi connectivity index (χ3n) is 6.72. The van der Waals surface area contributed by atoms with Crippen LogP contribution in [0.5, 0.6) is 5.75 Å². The van der Waals surface area contributed by atoms with Crippen LogP contribution in [0.4, 0.5) is 26.7 Å². The Bertz CT molecular complexity index is 1470. The second-order valence-corrected chi connectivity index (χ2v) is 9.95. The number of aryl methyl sites for hydroxylation is 2. The van der Waals surface area contributed by atoms with Crippen LogP contribution < -0.4 is 15.4 Å². The minimum atomic E-state index is -4.73. The molecule has 0 aliphatic heterocycles. The number of halogens is 5. The molecule has 8 nitrogen and oxygen atoms in total. The van der Waals surface area contributed by atoms with E-state index in [0.29, 0.717) is 30.8 Å². The maximum atomic E-state index is 14.0. The number of amides is 2. The normalized spacial score (nSPS) is 13.0. The van der Waals surface area contributed by atoms with Gasteiger partial charge in [-0.2, -0.15) is 22.4 Å². The lowest BCUT2D eigenvalue weighted by molar-refractivity contribution is -0.253. The van der Waals surface area contributed by atoms with Gasteiger partial charge < -0.3 is 15.4 Å². The zero-order chi connectivity index (χ0) is 30.9. The van der Waals surface area contributed by atoms with Gasteiger partial charge in [0.2, 0.25) is 0 Å². The Morgan fingerprint density at radius 1 is 0.953 bits per heavy atom. The summed E-state index contributed by atoms with van der Waals surface area (Å²) in [5.74, 6) is -0.412. The fourth-order valence-electron chi connectivity index (χ4n) is 4.67. The minimum absolute atomic E-state index is 0.118. The molecule has 1 heterocycles. The quantitative estimate of drug-likeness (QED) is 0.141. The van der Waals surface area contributed by atoms with Gasteiger partial charge in [0.15, 0.2) is 5.82 Å². The van der Waals surface area contributed by atoms with Crippen LogP contribution in [-0.2, 0) is 25.4 Å². The highest BCUT2D eigenvalue weighted by Crippen LogP contribution is 2.37. The highest BCUT2D eigenvalue weighted by molar-refractivity contribution is 5.76. The van der Waals surface area contributed by atoms with E-state index < -0.39 is 35.7 Å². The van der Waals surface area contributed by atoms with Gasteiger partial charge in [0.1, 0.15) is 11.6 Å². The summed E-state index contributed by atoms with van der Waals surface area (Å²) in [6.45, 7) is 0.328. The molecule has 2 amide bonds. The Labute approximate surface area is 245 Å². The molecule has 0 unspecified atom stereocenters. The van der Waals surface area contributed by atoms with E-state index in [1.165, 1.54) is 41.2 Å². The van der Waals surface area contributed by atoms with Crippen molar-refractivity contribution >= 4 is 6.03 Å². The molecule has 228 valence electrons. The van der Waals surface area contributed by atoms with E-state index in [1.807, 2.05) is 18.2 Å². The van der Waals surface area contributed by atoms with Crippen molar-refractivity contribution in [3.05, 3.63) is 107 Å². The van der Waals surface area contributed by atoms with Gasteiger partial charge in [0, 0.05) is 19.4 Å². The number of nitrogens with zero attached hydrogens (tertiary/aromatic N) is 4. The van der Waals surface area contributed by atoms with Crippen LogP contribution in [0, 0.1) is 5.82 Å². The lowest BCUT2D eigenvalue weighted by Crippen LogP contribution is -2.52. The van der Waals surface area contributed by atoms with Crippen molar-refractivity contribution in [1.29, 1.82) is 0 Å². The topological polar surface area (TPSA) is 94.0 Å². The number of rotatable bonds is 14. The molecule has 0 spiro atoms. The Morgan fingerprint density at radius 3 is 2.37 bits per heavy atom. The number of hydrogen-bond donors (Lipinski definition) is 2. The van der Waals surface area contributed by atoms with Gasteiger partial charge in [0.05, 0.1) is 12.6 Å². The Kier molecular flexibility index (Phi) is 10.3. The van der Waals surface area contributed by atoms with Gasteiger partial charge >= 0.3 is 18.6 Å². The van der Waals surface area contributed by atoms with Crippen LogP contribution in [0.15, 0.2) is 78.9 Å². The van der Waals surface area contributed by atoms with E-state index in [0.717, 1.165) is 24.5 Å². The Hall–Kier alpha value is -4.55. The Morgan fingerprint density at radius 2 is 1.70 bits per heavy atom. The molecular weight excluding hydrogens is 571 g/mol. The number of nitrogens with one attached hydrogen (secondary N) is 2. The molecule has 0 bridgehead atoms. The molecule has 4 rings (SSSR count). The number of ether oxygens (including phenoxy) is 1. The number of tetrazole rings is 1. The van der Waals surface area contributed by atoms with Crippen LogP contribution in [0.25, 0.3) is 0 Å². The van der Waals surface area contributed by atoms with Crippen LogP contribution in [0.1, 0.15) is 41.8 Å². The number of hydrogen-bond acceptors (Lipinski definition) is 5. The zero-order valence-electron chi connectivity index (χ0n) is 23.3. The molecule has 0 saturated heterocycles. The van der Waals surface area contributed by atoms with Crippen molar-refractivity contribution in [2.45, 2.75) is 50.2 Å². The third-order valence-corrected chi connectivity index (χ3v) is 6.72. The standard InChI is InChI=1S/C30H31F5N6O2/c1-41-39-26(38-40-41)13-6-3-7-18-36-28(42)37-29(20-21-9-4-2-5-10-21,22-14-16-24(31)17-15-22)23-11-8-12-25(19-23)43-30(34,35)27(32)33/h2,4-5,8-12,14-17,19,27H,3,6-7,13,18,20H2,1H3,(H2,36,37,42)/t29-/m1/s1. The molecule has 2 N–H and O–H groups in total. The fourth-order valence-corrected chi connectivity index (χ4v) is 4.67. The molecule has 0 fully saturated rings. The molecule has 43 heavy (non-hydrogen) atoms. The van der Waals surface area contributed by atoms with E-state index in [2.05, 4.69) is 30.8 Å². The predicted octanol–water partition coefficient (Wildman–Crippen LogP) is 5.78. The molecule has 0 radical (unpaired) electrons. The monoisotopic (exact) mass is 602 g/mol.